The van der Waals surface area contributed by atoms with E-state index in [1.807, 2.05) is 37.4 Å². The lowest BCUT2D eigenvalue weighted by Gasteiger charge is -2.29. The van der Waals surface area contributed by atoms with Gasteiger partial charge in [-0.05, 0) is 73.9 Å². The topological polar surface area (TPSA) is 70.4 Å². The third-order valence-corrected chi connectivity index (χ3v) is 6.25. The molecule has 0 spiro atoms. The molecule has 0 radical (unpaired) electrons. The summed E-state index contributed by atoms with van der Waals surface area (Å²) in [6.07, 6.45) is 1.81. The number of hydrogen-bond acceptors (Lipinski definition) is 3. The van der Waals surface area contributed by atoms with Gasteiger partial charge in [0.25, 0.3) is 0 Å². The molecule has 2 atom stereocenters. The first-order valence-corrected chi connectivity index (χ1v) is 11.2. The van der Waals surface area contributed by atoms with Gasteiger partial charge in [0.1, 0.15) is 0 Å². The molecule has 7 heteroatoms. The Morgan fingerprint density at radius 2 is 1.97 bits per heavy atom. The molecule has 0 saturated carbocycles. The highest BCUT2D eigenvalue weighted by Gasteiger charge is 2.41. The highest BCUT2D eigenvalue weighted by molar-refractivity contribution is 7.80. The number of carboxylic acids is 1. The maximum Gasteiger partial charge on any atom is 0.335 e. The van der Waals surface area contributed by atoms with Gasteiger partial charge in [-0.3, -0.25) is 4.98 Å². The Morgan fingerprint density at radius 3 is 2.62 bits per heavy atom. The molecule has 2 N–H and O–H groups in total. The van der Waals surface area contributed by atoms with Crippen LogP contribution in [0.25, 0.3) is 5.69 Å². The van der Waals surface area contributed by atoms with Crippen LogP contribution in [0.5, 0.6) is 0 Å². The number of benzene rings is 1. The van der Waals surface area contributed by atoms with Gasteiger partial charge >= 0.3 is 5.97 Å². The molecule has 1 aromatic carbocycles. The zero-order chi connectivity index (χ0) is 23.0. The number of rotatable bonds is 6. The van der Waals surface area contributed by atoms with Gasteiger partial charge in [0.05, 0.1) is 23.3 Å². The maximum atomic E-state index is 11.5. The first-order chi connectivity index (χ1) is 15.3. The molecule has 1 aliphatic heterocycles. The van der Waals surface area contributed by atoms with Crippen LogP contribution in [0.3, 0.4) is 0 Å². The minimum Gasteiger partial charge on any atom is -0.478 e. The molecule has 0 unspecified atom stereocenters. The lowest BCUT2D eigenvalue weighted by atomic mass is 9.96. The van der Waals surface area contributed by atoms with Crippen LogP contribution in [0.1, 0.15) is 58.9 Å². The fraction of sp³-hybridized carbons (Fsp3) is 0.320. The van der Waals surface area contributed by atoms with Gasteiger partial charge in [-0.2, -0.15) is 0 Å². The van der Waals surface area contributed by atoms with Crippen molar-refractivity contribution < 1.29 is 9.90 Å². The smallest absolute Gasteiger partial charge is 0.335 e. The van der Waals surface area contributed by atoms with E-state index in [0.29, 0.717) is 5.92 Å². The van der Waals surface area contributed by atoms with E-state index in [1.165, 1.54) is 0 Å². The van der Waals surface area contributed by atoms with Crippen molar-refractivity contribution >= 4 is 23.3 Å². The van der Waals surface area contributed by atoms with Crippen molar-refractivity contribution in [1.82, 2.24) is 19.8 Å². The Hall–Kier alpha value is -3.19. The van der Waals surface area contributed by atoms with Crippen molar-refractivity contribution in [3.8, 4) is 5.69 Å². The van der Waals surface area contributed by atoms with Gasteiger partial charge in [0, 0.05) is 29.8 Å². The zero-order valence-electron chi connectivity index (χ0n) is 18.7. The third kappa shape index (κ3) is 4.00. The number of hydrogen-bond donors (Lipinski definition) is 2. The zero-order valence-corrected chi connectivity index (χ0v) is 19.6. The van der Waals surface area contributed by atoms with Crippen molar-refractivity contribution in [2.45, 2.75) is 39.8 Å². The van der Waals surface area contributed by atoms with Gasteiger partial charge in [-0.1, -0.05) is 26.0 Å². The summed E-state index contributed by atoms with van der Waals surface area (Å²) in [7, 11) is 0. The minimum atomic E-state index is -0.932. The van der Waals surface area contributed by atoms with Crippen LogP contribution in [0.2, 0.25) is 0 Å². The first kappa shape index (κ1) is 22.0. The number of aromatic carboxylic acids is 1. The summed E-state index contributed by atoms with van der Waals surface area (Å²) in [4.78, 5) is 18.4. The van der Waals surface area contributed by atoms with E-state index in [1.54, 1.807) is 18.2 Å². The molecule has 1 aliphatic rings. The van der Waals surface area contributed by atoms with Gasteiger partial charge in [0.15, 0.2) is 5.11 Å². The molecule has 0 bridgehead atoms. The Kier molecular flexibility index (Phi) is 6.02. The van der Waals surface area contributed by atoms with Crippen LogP contribution >= 0.6 is 12.2 Å². The predicted molar refractivity (Wildman–Crippen MR) is 129 cm³/mol. The number of nitrogens with zero attached hydrogens (tertiary/aromatic N) is 3. The molecule has 4 rings (SSSR count). The Balaban J connectivity index is 1.84. The second kappa shape index (κ2) is 8.74. The molecule has 6 nitrogen and oxygen atoms in total. The molecule has 1 saturated heterocycles. The van der Waals surface area contributed by atoms with Crippen molar-refractivity contribution in [3.63, 3.8) is 0 Å². The van der Waals surface area contributed by atoms with E-state index >= 15 is 0 Å². The number of carbonyl (C=O) groups is 1. The summed E-state index contributed by atoms with van der Waals surface area (Å²) >= 11 is 5.75. The largest absolute Gasteiger partial charge is 0.478 e. The molecular formula is C25H28N4O2S. The number of aromatic nitrogens is 2. The summed E-state index contributed by atoms with van der Waals surface area (Å²) in [5, 5.41) is 13.7. The van der Waals surface area contributed by atoms with E-state index < -0.39 is 5.97 Å². The summed E-state index contributed by atoms with van der Waals surface area (Å²) in [5.41, 5.74) is 5.33. The average Bonchev–Trinajstić information content (AvgIpc) is 3.23. The molecule has 0 amide bonds. The molecule has 32 heavy (non-hydrogen) atoms. The van der Waals surface area contributed by atoms with Crippen LogP contribution in [-0.4, -0.2) is 37.2 Å². The van der Waals surface area contributed by atoms with Crippen LogP contribution in [0.4, 0.5) is 0 Å². The number of pyridine rings is 1. The minimum absolute atomic E-state index is 0.0117. The summed E-state index contributed by atoms with van der Waals surface area (Å²) in [6, 6.07) is 15.1. The third-order valence-electron chi connectivity index (χ3n) is 5.90. The number of thiocarbonyl (C=S) groups is 1. The fourth-order valence-electron chi connectivity index (χ4n) is 4.60. The number of aryl methyl sites for hydroxylation is 1. The second-order valence-corrected chi connectivity index (χ2v) is 9.08. The van der Waals surface area contributed by atoms with Crippen molar-refractivity contribution in [3.05, 3.63) is 82.9 Å². The van der Waals surface area contributed by atoms with E-state index in [-0.39, 0.29) is 17.6 Å². The number of nitrogens with one attached hydrogen (secondary N) is 1. The Bertz CT molecular complexity index is 1160. The van der Waals surface area contributed by atoms with E-state index in [2.05, 4.69) is 46.6 Å². The van der Waals surface area contributed by atoms with Crippen LogP contribution in [0.15, 0.2) is 54.7 Å². The van der Waals surface area contributed by atoms with Gasteiger partial charge in [-0.15, -0.1) is 0 Å². The van der Waals surface area contributed by atoms with Gasteiger partial charge in [0.2, 0.25) is 0 Å². The average molecular weight is 449 g/mol. The molecule has 2 aromatic heterocycles. The fourth-order valence-corrected chi connectivity index (χ4v) is 4.91. The van der Waals surface area contributed by atoms with Crippen molar-refractivity contribution in [2.75, 3.05) is 6.54 Å². The predicted octanol–water partition coefficient (Wildman–Crippen LogP) is 4.82. The summed E-state index contributed by atoms with van der Waals surface area (Å²) in [5.74, 6) is -0.492. The van der Waals surface area contributed by atoms with Crippen molar-refractivity contribution in [2.24, 2.45) is 5.92 Å². The molecule has 1 fully saturated rings. The van der Waals surface area contributed by atoms with Gasteiger partial charge in [-0.25, -0.2) is 4.79 Å². The normalized spacial score (nSPS) is 18.3. The summed E-state index contributed by atoms with van der Waals surface area (Å²) in [6.45, 7) is 9.34. The molecule has 3 aromatic rings. The number of carboxylic acid groups (broad SMARTS) is 1. The van der Waals surface area contributed by atoms with E-state index in [0.717, 1.165) is 40.0 Å². The van der Waals surface area contributed by atoms with Crippen LogP contribution in [-0.2, 0) is 0 Å². The maximum absolute atomic E-state index is 11.5. The van der Waals surface area contributed by atoms with Crippen LogP contribution < -0.4 is 5.32 Å². The Morgan fingerprint density at radius 1 is 1.19 bits per heavy atom. The first-order valence-electron chi connectivity index (χ1n) is 10.8. The van der Waals surface area contributed by atoms with E-state index in [4.69, 9.17) is 12.2 Å². The quantitative estimate of drug-likeness (QED) is 0.527. The second-order valence-electron chi connectivity index (χ2n) is 8.69. The monoisotopic (exact) mass is 448 g/mol. The standard InChI is InChI=1S/C25H28N4O2S/c1-15(2)14-28-23(22(27-25(28)32)21-10-5-6-11-26-21)20-12-16(3)29(17(20)4)19-9-7-8-18(13-19)24(30)31/h5-13,15,22-23H,14H2,1-4H3,(H,27,32)(H,30,31)/t22-,23+/m0/s1. The highest BCUT2D eigenvalue weighted by atomic mass is 32.1. The summed E-state index contributed by atoms with van der Waals surface area (Å²) < 4.78 is 2.12. The highest BCUT2D eigenvalue weighted by Crippen LogP contribution is 2.41. The van der Waals surface area contributed by atoms with Gasteiger partial charge < -0.3 is 19.9 Å². The molecule has 0 aliphatic carbocycles. The molecule has 166 valence electrons. The Labute approximate surface area is 193 Å². The van der Waals surface area contributed by atoms with Crippen molar-refractivity contribution in [1.29, 1.82) is 0 Å². The lowest BCUT2D eigenvalue weighted by molar-refractivity contribution is 0.0697. The molecule has 3 heterocycles. The SMILES string of the molecule is Cc1cc([C@@H]2[C@H](c3ccccn3)NC(=S)N2CC(C)C)c(C)n1-c1cccc(C(=O)O)c1. The van der Waals surface area contributed by atoms with Crippen LogP contribution in [0, 0.1) is 19.8 Å². The lowest BCUT2D eigenvalue weighted by Crippen LogP contribution is -2.33. The molecular weight excluding hydrogens is 420 g/mol. The van der Waals surface area contributed by atoms with E-state index in [9.17, 15) is 9.90 Å².